The zero-order valence-corrected chi connectivity index (χ0v) is 13.6. The summed E-state index contributed by atoms with van der Waals surface area (Å²) in [7, 11) is 7.53. The normalized spacial score (nSPS) is 12.8. The van der Waals surface area contributed by atoms with Crippen LogP contribution in [-0.2, 0) is 6.54 Å². The smallest absolute Gasteiger partial charge is 0.161 e. The van der Waals surface area contributed by atoms with E-state index in [0.29, 0.717) is 12.0 Å². The van der Waals surface area contributed by atoms with Crippen molar-refractivity contribution in [2.24, 2.45) is 5.92 Å². The minimum absolute atomic E-state index is 0.470. The van der Waals surface area contributed by atoms with E-state index in [1.165, 1.54) is 5.56 Å². The third-order valence-electron chi connectivity index (χ3n) is 3.38. The van der Waals surface area contributed by atoms with E-state index in [1.807, 2.05) is 12.1 Å². The standard InChI is InChI=1S/C16H28N2O2/c1-12(2)14(11-18(3)4)17-10-13-7-8-15(19-5)16(9-13)20-6/h7-9,12,14,17H,10-11H2,1-6H3. The first-order valence-corrected chi connectivity index (χ1v) is 7.07. The molecule has 1 aromatic rings. The van der Waals surface area contributed by atoms with Crippen molar-refractivity contribution >= 4 is 0 Å². The van der Waals surface area contributed by atoms with Crippen LogP contribution in [0.3, 0.4) is 0 Å². The van der Waals surface area contributed by atoms with Gasteiger partial charge in [-0.25, -0.2) is 0 Å². The van der Waals surface area contributed by atoms with E-state index in [0.717, 1.165) is 24.6 Å². The average molecular weight is 280 g/mol. The largest absolute Gasteiger partial charge is 0.493 e. The second-order valence-corrected chi connectivity index (χ2v) is 5.68. The Bertz CT molecular complexity index is 405. The lowest BCUT2D eigenvalue weighted by Gasteiger charge is -2.26. The second kappa shape index (κ2) is 8.12. The van der Waals surface area contributed by atoms with Crippen LogP contribution in [0, 0.1) is 5.92 Å². The van der Waals surface area contributed by atoms with E-state index in [4.69, 9.17) is 9.47 Å². The zero-order valence-electron chi connectivity index (χ0n) is 13.6. The monoisotopic (exact) mass is 280 g/mol. The zero-order chi connectivity index (χ0) is 15.1. The molecule has 0 saturated heterocycles. The van der Waals surface area contributed by atoms with E-state index in [-0.39, 0.29) is 0 Å². The van der Waals surface area contributed by atoms with Crippen LogP contribution in [0.15, 0.2) is 18.2 Å². The van der Waals surface area contributed by atoms with Crippen molar-refractivity contribution in [1.29, 1.82) is 0 Å². The number of hydrogen-bond acceptors (Lipinski definition) is 4. The molecule has 20 heavy (non-hydrogen) atoms. The maximum Gasteiger partial charge on any atom is 0.161 e. The molecule has 1 N–H and O–H groups in total. The molecule has 0 aliphatic carbocycles. The van der Waals surface area contributed by atoms with Gasteiger partial charge in [0, 0.05) is 19.1 Å². The quantitative estimate of drug-likeness (QED) is 0.793. The van der Waals surface area contributed by atoms with Gasteiger partial charge in [0.2, 0.25) is 0 Å². The Balaban J connectivity index is 2.68. The van der Waals surface area contributed by atoms with E-state index < -0.39 is 0 Å². The molecule has 1 rings (SSSR count). The van der Waals surface area contributed by atoms with Crippen LogP contribution in [0.1, 0.15) is 19.4 Å². The molecule has 1 aromatic carbocycles. The van der Waals surface area contributed by atoms with Gasteiger partial charge >= 0.3 is 0 Å². The van der Waals surface area contributed by atoms with Gasteiger partial charge in [-0.3, -0.25) is 0 Å². The number of methoxy groups -OCH3 is 2. The number of likely N-dealkylation sites (N-methyl/N-ethyl adjacent to an activating group) is 1. The molecule has 0 bridgehead atoms. The summed E-state index contributed by atoms with van der Waals surface area (Å²) in [4.78, 5) is 2.21. The van der Waals surface area contributed by atoms with Gasteiger partial charge in [-0.1, -0.05) is 19.9 Å². The van der Waals surface area contributed by atoms with Crippen LogP contribution in [0.5, 0.6) is 11.5 Å². The van der Waals surface area contributed by atoms with Gasteiger partial charge in [-0.15, -0.1) is 0 Å². The fourth-order valence-corrected chi connectivity index (χ4v) is 2.14. The summed E-state index contributed by atoms with van der Waals surface area (Å²) in [5, 5.41) is 3.62. The number of rotatable bonds is 8. The van der Waals surface area contributed by atoms with E-state index >= 15 is 0 Å². The number of benzene rings is 1. The molecule has 1 unspecified atom stereocenters. The molecule has 4 nitrogen and oxygen atoms in total. The lowest BCUT2D eigenvalue weighted by Crippen LogP contribution is -2.41. The van der Waals surface area contributed by atoms with Gasteiger partial charge in [0.05, 0.1) is 14.2 Å². The summed E-state index contributed by atoms with van der Waals surface area (Å²) < 4.78 is 10.6. The van der Waals surface area contributed by atoms with Crippen molar-refractivity contribution in [3.8, 4) is 11.5 Å². The highest BCUT2D eigenvalue weighted by Crippen LogP contribution is 2.27. The Kier molecular flexibility index (Phi) is 6.82. The molecule has 0 heterocycles. The molecule has 1 atom stereocenters. The van der Waals surface area contributed by atoms with E-state index in [2.05, 4.69) is 44.2 Å². The van der Waals surface area contributed by atoms with Crippen molar-refractivity contribution in [3.05, 3.63) is 23.8 Å². The summed E-state index contributed by atoms with van der Waals surface area (Å²) in [6.45, 7) is 6.35. The molecule has 0 aliphatic rings. The first kappa shape index (κ1) is 16.8. The maximum absolute atomic E-state index is 5.33. The Hall–Kier alpha value is -1.26. The van der Waals surface area contributed by atoms with Crippen molar-refractivity contribution in [2.45, 2.75) is 26.4 Å². The SMILES string of the molecule is COc1ccc(CNC(CN(C)C)C(C)C)cc1OC. The minimum atomic E-state index is 0.470. The molecule has 0 saturated carbocycles. The first-order valence-electron chi connectivity index (χ1n) is 7.07. The molecule has 0 aromatic heterocycles. The molecular formula is C16H28N2O2. The molecular weight excluding hydrogens is 252 g/mol. The molecule has 114 valence electrons. The highest BCUT2D eigenvalue weighted by molar-refractivity contribution is 5.42. The van der Waals surface area contributed by atoms with Gasteiger partial charge in [0.1, 0.15) is 0 Å². The van der Waals surface area contributed by atoms with Crippen molar-refractivity contribution in [1.82, 2.24) is 10.2 Å². The molecule has 0 radical (unpaired) electrons. The highest BCUT2D eigenvalue weighted by atomic mass is 16.5. The van der Waals surface area contributed by atoms with Gasteiger partial charge in [0.15, 0.2) is 11.5 Å². The van der Waals surface area contributed by atoms with Crippen LogP contribution in [0.2, 0.25) is 0 Å². The van der Waals surface area contributed by atoms with Crippen molar-refractivity contribution in [2.75, 3.05) is 34.9 Å². The molecule has 0 fully saturated rings. The van der Waals surface area contributed by atoms with E-state index in [1.54, 1.807) is 14.2 Å². The first-order chi connectivity index (χ1) is 9.47. The predicted molar refractivity (Wildman–Crippen MR) is 83.6 cm³/mol. The Morgan fingerprint density at radius 1 is 1.10 bits per heavy atom. The van der Waals surface area contributed by atoms with Gasteiger partial charge in [0.25, 0.3) is 0 Å². The van der Waals surface area contributed by atoms with Crippen LogP contribution in [0.4, 0.5) is 0 Å². The predicted octanol–water partition coefficient (Wildman–Crippen LogP) is 2.38. The topological polar surface area (TPSA) is 33.7 Å². The summed E-state index contributed by atoms with van der Waals surface area (Å²) in [5.74, 6) is 2.14. The highest BCUT2D eigenvalue weighted by Gasteiger charge is 2.14. The molecule has 4 heteroatoms. The minimum Gasteiger partial charge on any atom is -0.493 e. The summed E-state index contributed by atoms with van der Waals surface area (Å²) in [6, 6.07) is 6.52. The summed E-state index contributed by atoms with van der Waals surface area (Å²) >= 11 is 0. The third-order valence-corrected chi connectivity index (χ3v) is 3.38. The fraction of sp³-hybridized carbons (Fsp3) is 0.625. The van der Waals surface area contributed by atoms with Crippen molar-refractivity contribution in [3.63, 3.8) is 0 Å². The van der Waals surface area contributed by atoms with Crippen molar-refractivity contribution < 1.29 is 9.47 Å². The van der Waals surface area contributed by atoms with Crippen LogP contribution in [-0.4, -0.2) is 45.8 Å². The fourth-order valence-electron chi connectivity index (χ4n) is 2.14. The Morgan fingerprint density at radius 2 is 1.75 bits per heavy atom. The van der Waals surface area contributed by atoms with Crippen LogP contribution >= 0.6 is 0 Å². The number of nitrogens with zero attached hydrogens (tertiary/aromatic N) is 1. The molecule has 0 spiro atoms. The Labute approximate surface area is 123 Å². The van der Waals surface area contributed by atoms with Crippen LogP contribution in [0.25, 0.3) is 0 Å². The summed E-state index contributed by atoms with van der Waals surface area (Å²) in [5.41, 5.74) is 1.20. The van der Waals surface area contributed by atoms with E-state index in [9.17, 15) is 0 Å². The summed E-state index contributed by atoms with van der Waals surface area (Å²) in [6.07, 6.45) is 0. The van der Waals surface area contributed by atoms with Crippen LogP contribution < -0.4 is 14.8 Å². The molecule has 0 amide bonds. The lowest BCUT2D eigenvalue weighted by atomic mass is 10.0. The number of ether oxygens (including phenoxy) is 2. The molecule has 0 aliphatic heterocycles. The van der Waals surface area contributed by atoms with Gasteiger partial charge in [-0.2, -0.15) is 0 Å². The van der Waals surface area contributed by atoms with Gasteiger partial charge in [-0.05, 0) is 37.7 Å². The number of hydrogen-bond donors (Lipinski definition) is 1. The lowest BCUT2D eigenvalue weighted by molar-refractivity contribution is 0.288. The average Bonchev–Trinajstić information content (AvgIpc) is 2.42. The third kappa shape index (κ3) is 5.02. The maximum atomic E-state index is 5.33. The van der Waals surface area contributed by atoms with Gasteiger partial charge < -0.3 is 19.7 Å². The Morgan fingerprint density at radius 3 is 2.25 bits per heavy atom. The number of nitrogens with one attached hydrogen (secondary N) is 1. The second-order valence-electron chi connectivity index (χ2n) is 5.68.